The van der Waals surface area contributed by atoms with E-state index in [2.05, 4.69) is 12.2 Å². The minimum absolute atomic E-state index is 0.0593. The van der Waals surface area contributed by atoms with Crippen LogP contribution in [0.15, 0.2) is 12.1 Å². The first kappa shape index (κ1) is 15.7. The van der Waals surface area contributed by atoms with Gasteiger partial charge in [0.2, 0.25) is 0 Å². The van der Waals surface area contributed by atoms with E-state index in [1.165, 1.54) is 6.07 Å². The summed E-state index contributed by atoms with van der Waals surface area (Å²) in [7, 11) is 0. The van der Waals surface area contributed by atoms with Gasteiger partial charge in [-0.2, -0.15) is 0 Å². The molecule has 5 nitrogen and oxygen atoms in total. The van der Waals surface area contributed by atoms with Gasteiger partial charge in [0, 0.05) is 31.5 Å². The third-order valence-corrected chi connectivity index (χ3v) is 2.92. The summed E-state index contributed by atoms with van der Waals surface area (Å²) in [5, 5.41) is 14.1. The summed E-state index contributed by atoms with van der Waals surface area (Å²) in [6.45, 7) is 6.13. The van der Waals surface area contributed by atoms with Gasteiger partial charge in [-0.1, -0.05) is 18.5 Å². The zero-order valence-electron chi connectivity index (χ0n) is 11.2. The molecule has 0 heterocycles. The molecular weight excluding hydrogens is 268 g/mol. The first-order valence-electron chi connectivity index (χ1n) is 6.32. The minimum atomic E-state index is -0.475. The molecular formula is C13H19ClN2O3. The molecule has 19 heavy (non-hydrogen) atoms. The molecule has 0 saturated carbocycles. The average Bonchev–Trinajstić information content (AvgIpc) is 2.36. The number of anilines is 1. The zero-order chi connectivity index (χ0) is 14.3. The molecule has 6 heteroatoms. The number of halogens is 1. The van der Waals surface area contributed by atoms with E-state index in [0.29, 0.717) is 6.61 Å². The molecule has 0 unspecified atom stereocenters. The van der Waals surface area contributed by atoms with Crippen LogP contribution in [0.1, 0.15) is 25.3 Å². The van der Waals surface area contributed by atoms with Gasteiger partial charge in [0.25, 0.3) is 5.69 Å². The van der Waals surface area contributed by atoms with Crippen molar-refractivity contribution in [3.8, 4) is 0 Å². The van der Waals surface area contributed by atoms with Crippen molar-refractivity contribution < 1.29 is 9.66 Å². The maximum absolute atomic E-state index is 10.7. The molecule has 1 N–H and O–H groups in total. The highest BCUT2D eigenvalue weighted by Gasteiger charge is 2.14. The Morgan fingerprint density at radius 1 is 1.42 bits per heavy atom. The second kappa shape index (κ2) is 7.96. The second-order valence-electron chi connectivity index (χ2n) is 4.27. The van der Waals surface area contributed by atoms with Gasteiger partial charge in [-0.3, -0.25) is 10.1 Å². The first-order chi connectivity index (χ1) is 9.06. The van der Waals surface area contributed by atoms with Gasteiger partial charge in [-0.05, 0) is 31.4 Å². The van der Waals surface area contributed by atoms with E-state index >= 15 is 0 Å². The largest absolute Gasteiger partial charge is 0.385 e. The van der Waals surface area contributed by atoms with Gasteiger partial charge < -0.3 is 10.1 Å². The molecule has 106 valence electrons. The van der Waals surface area contributed by atoms with Crippen LogP contribution in [0.4, 0.5) is 11.4 Å². The van der Waals surface area contributed by atoms with Crippen LogP contribution >= 0.6 is 11.6 Å². The van der Waals surface area contributed by atoms with E-state index in [9.17, 15) is 10.1 Å². The summed E-state index contributed by atoms with van der Waals surface area (Å²) in [6.07, 6.45) is 1.90. The van der Waals surface area contributed by atoms with Crippen LogP contribution in [-0.4, -0.2) is 24.7 Å². The van der Waals surface area contributed by atoms with Gasteiger partial charge in [0.05, 0.1) is 4.92 Å². The van der Waals surface area contributed by atoms with Crippen molar-refractivity contribution in [2.75, 3.05) is 25.1 Å². The molecule has 0 amide bonds. The molecule has 0 bridgehead atoms. The van der Waals surface area contributed by atoms with Crippen molar-refractivity contribution in [3.05, 3.63) is 32.8 Å². The van der Waals surface area contributed by atoms with Crippen LogP contribution in [0.3, 0.4) is 0 Å². The summed E-state index contributed by atoms with van der Waals surface area (Å²) in [5.41, 5.74) is 1.58. The van der Waals surface area contributed by atoms with E-state index in [1.54, 1.807) is 6.07 Å². The lowest BCUT2D eigenvalue weighted by atomic mass is 10.1. The lowest BCUT2D eigenvalue weighted by Crippen LogP contribution is -2.07. The first-order valence-corrected chi connectivity index (χ1v) is 6.70. The lowest BCUT2D eigenvalue weighted by molar-refractivity contribution is -0.384. The number of nitrogens with zero attached hydrogens (tertiary/aromatic N) is 1. The van der Waals surface area contributed by atoms with Gasteiger partial charge >= 0.3 is 0 Å². The summed E-state index contributed by atoms with van der Waals surface area (Å²) in [6, 6.07) is 3.08. The minimum Gasteiger partial charge on any atom is -0.385 e. The van der Waals surface area contributed by atoms with E-state index in [-0.39, 0.29) is 10.7 Å². The van der Waals surface area contributed by atoms with Crippen molar-refractivity contribution in [1.29, 1.82) is 0 Å². The monoisotopic (exact) mass is 286 g/mol. The van der Waals surface area contributed by atoms with Gasteiger partial charge in [-0.25, -0.2) is 0 Å². The number of nitro groups is 1. The van der Waals surface area contributed by atoms with Crippen LogP contribution in [0.25, 0.3) is 0 Å². The van der Waals surface area contributed by atoms with Crippen molar-refractivity contribution in [2.45, 2.75) is 26.7 Å². The molecule has 0 atom stereocenters. The van der Waals surface area contributed by atoms with Crippen molar-refractivity contribution >= 4 is 23.0 Å². The number of rotatable bonds is 8. The van der Waals surface area contributed by atoms with Crippen molar-refractivity contribution in [1.82, 2.24) is 0 Å². The molecule has 0 aliphatic heterocycles. The Bertz CT molecular complexity index is 438. The molecule has 0 fully saturated rings. The highest BCUT2D eigenvalue weighted by Crippen LogP contribution is 2.30. The number of aryl methyl sites for hydroxylation is 1. The summed E-state index contributed by atoms with van der Waals surface area (Å²) >= 11 is 5.87. The molecule has 0 aromatic heterocycles. The van der Waals surface area contributed by atoms with Crippen LogP contribution in [-0.2, 0) is 4.74 Å². The molecule has 1 aromatic carbocycles. The number of benzene rings is 1. The third kappa shape index (κ3) is 5.04. The van der Waals surface area contributed by atoms with Crippen LogP contribution < -0.4 is 5.32 Å². The lowest BCUT2D eigenvalue weighted by Gasteiger charge is -2.10. The standard InChI is InChI=1S/C13H19ClN2O3/c1-3-6-19-7-4-5-15-12-9-11(14)13(16(17)18)8-10(12)2/h8-9,15H,3-7H2,1-2H3. The third-order valence-electron chi connectivity index (χ3n) is 2.62. The van der Waals surface area contributed by atoms with Crippen LogP contribution in [0.5, 0.6) is 0 Å². The Hall–Kier alpha value is -1.33. The van der Waals surface area contributed by atoms with Gasteiger partial charge in [0.15, 0.2) is 0 Å². The summed E-state index contributed by atoms with van der Waals surface area (Å²) < 4.78 is 5.37. The maximum atomic E-state index is 10.7. The van der Waals surface area contributed by atoms with Crippen molar-refractivity contribution in [3.63, 3.8) is 0 Å². The van der Waals surface area contributed by atoms with Gasteiger partial charge in [-0.15, -0.1) is 0 Å². The molecule has 0 aliphatic rings. The molecule has 0 aliphatic carbocycles. The fourth-order valence-corrected chi connectivity index (χ4v) is 1.87. The molecule has 0 spiro atoms. The van der Waals surface area contributed by atoms with Crippen LogP contribution in [0.2, 0.25) is 5.02 Å². The molecule has 0 radical (unpaired) electrons. The van der Waals surface area contributed by atoms with E-state index in [0.717, 1.165) is 37.2 Å². The predicted octanol–water partition coefficient (Wildman–Crippen LogP) is 3.79. The fraction of sp³-hybridized carbons (Fsp3) is 0.538. The SMILES string of the molecule is CCCOCCCNc1cc(Cl)c([N+](=O)[O-])cc1C. The smallest absolute Gasteiger partial charge is 0.288 e. The second-order valence-corrected chi connectivity index (χ2v) is 4.68. The van der Waals surface area contributed by atoms with E-state index in [1.807, 2.05) is 6.92 Å². The maximum Gasteiger partial charge on any atom is 0.288 e. The van der Waals surface area contributed by atoms with Gasteiger partial charge in [0.1, 0.15) is 5.02 Å². The molecule has 0 saturated heterocycles. The Morgan fingerprint density at radius 3 is 2.79 bits per heavy atom. The van der Waals surface area contributed by atoms with E-state index < -0.39 is 4.92 Å². The highest BCUT2D eigenvalue weighted by molar-refractivity contribution is 6.33. The van der Waals surface area contributed by atoms with Crippen LogP contribution in [0, 0.1) is 17.0 Å². The molecule has 1 rings (SSSR count). The summed E-state index contributed by atoms with van der Waals surface area (Å²) in [4.78, 5) is 10.3. The quantitative estimate of drug-likeness (QED) is 0.449. The van der Waals surface area contributed by atoms with E-state index in [4.69, 9.17) is 16.3 Å². The summed E-state index contributed by atoms with van der Waals surface area (Å²) in [5.74, 6) is 0. The zero-order valence-corrected chi connectivity index (χ0v) is 12.0. The number of hydrogen-bond donors (Lipinski definition) is 1. The molecule has 1 aromatic rings. The average molecular weight is 287 g/mol. The normalized spacial score (nSPS) is 10.5. The van der Waals surface area contributed by atoms with Crippen molar-refractivity contribution in [2.24, 2.45) is 0 Å². The topological polar surface area (TPSA) is 64.4 Å². The Labute approximate surface area is 118 Å². The number of hydrogen-bond acceptors (Lipinski definition) is 4. The predicted molar refractivity (Wildman–Crippen MR) is 77.1 cm³/mol. The Balaban J connectivity index is 2.50. The fourth-order valence-electron chi connectivity index (χ4n) is 1.64. The Morgan fingerprint density at radius 2 is 2.16 bits per heavy atom. The Kier molecular flexibility index (Phi) is 6.59. The highest BCUT2D eigenvalue weighted by atomic mass is 35.5. The number of nitrogens with one attached hydrogen (secondary N) is 1. The number of nitro benzene ring substituents is 1. The number of ether oxygens (including phenoxy) is 1.